The van der Waals surface area contributed by atoms with Crippen molar-refractivity contribution < 1.29 is 19.0 Å². The van der Waals surface area contributed by atoms with Crippen LogP contribution in [0.3, 0.4) is 0 Å². The van der Waals surface area contributed by atoms with Crippen LogP contribution in [0.2, 0.25) is 0 Å². The van der Waals surface area contributed by atoms with E-state index in [9.17, 15) is 4.79 Å². The second kappa shape index (κ2) is 10.1. The lowest BCUT2D eigenvalue weighted by Crippen LogP contribution is -1.98. The fourth-order valence-corrected chi connectivity index (χ4v) is 2.31. The molecule has 0 aliphatic heterocycles. The van der Waals surface area contributed by atoms with Gasteiger partial charge in [-0.1, -0.05) is 24.8 Å². The summed E-state index contributed by atoms with van der Waals surface area (Å²) in [4.78, 5) is 12.3. The Bertz CT molecular complexity index is 760. The quantitative estimate of drug-likeness (QED) is 0.345. The maximum atomic E-state index is 12.3. The van der Waals surface area contributed by atoms with E-state index in [1.807, 2.05) is 32.0 Å². The van der Waals surface area contributed by atoms with E-state index in [-0.39, 0.29) is 5.78 Å². The Labute approximate surface area is 154 Å². The Balaban J connectivity index is 2.09. The van der Waals surface area contributed by atoms with Crippen LogP contribution < -0.4 is 14.2 Å². The monoisotopic (exact) mass is 352 g/mol. The van der Waals surface area contributed by atoms with Crippen molar-refractivity contribution in [2.75, 3.05) is 19.8 Å². The predicted molar refractivity (Wildman–Crippen MR) is 104 cm³/mol. The van der Waals surface area contributed by atoms with Crippen molar-refractivity contribution in [1.29, 1.82) is 0 Å². The molecule has 4 nitrogen and oxygen atoms in total. The molecule has 0 atom stereocenters. The summed E-state index contributed by atoms with van der Waals surface area (Å²) in [6.45, 7) is 9.01. The summed E-state index contributed by atoms with van der Waals surface area (Å²) in [5.74, 6) is 2.01. The molecule has 0 bridgehead atoms. The van der Waals surface area contributed by atoms with E-state index in [0.717, 1.165) is 5.56 Å². The van der Waals surface area contributed by atoms with Crippen molar-refractivity contribution in [2.45, 2.75) is 13.8 Å². The number of benzene rings is 2. The summed E-state index contributed by atoms with van der Waals surface area (Å²) in [5, 5.41) is 0. The third-order valence-corrected chi connectivity index (χ3v) is 3.50. The van der Waals surface area contributed by atoms with Gasteiger partial charge in [0.25, 0.3) is 0 Å². The van der Waals surface area contributed by atoms with Gasteiger partial charge < -0.3 is 14.2 Å². The normalized spacial score (nSPS) is 10.5. The smallest absolute Gasteiger partial charge is 0.185 e. The minimum atomic E-state index is -0.0767. The number of ether oxygens (including phenoxy) is 3. The van der Waals surface area contributed by atoms with Gasteiger partial charge in [-0.3, -0.25) is 4.79 Å². The standard InChI is InChI=1S/C22H24O4/c1-4-15-26-19-11-9-18(10-12-19)20(23)13-7-17-8-14-21(24-5-2)22(16-17)25-6-3/h4,7-14,16H,1,5-6,15H2,2-3H3. The van der Waals surface area contributed by atoms with Crippen molar-refractivity contribution in [3.8, 4) is 17.2 Å². The number of hydrogen-bond donors (Lipinski definition) is 0. The molecule has 2 aromatic carbocycles. The van der Waals surface area contributed by atoms with Gasteiger partial charge in [0.1, 0.15) is 12.4 Å². The summed E-state index contributed by atoms with van der Waals surface area (Å²) >= 11 is 0. The molecule has 4 heteroatoms. The first-order chi connectivity index (χ1) is 12.7. The predicted octanol–water partition coefficient (Wildman–Crippen LogP) is 4.94. The van der Waals surface area contributed by atoms with Crippen LogP contribution in [0.15, 0.2) is 61.2 Å². The molecule has 0 unspecified atom stereocenters. The maximum Gasteiger partial charge on any atom is 0.185 e. The molecule has 136 valence electrons. The van der Waals surface area contributed by atoms with E-state index in [2.05, 4.69) is 6.58 Å². The molecule has 0 saturated carbocycles. The van der Waals surface area contributed by atoms with Crippen LogP contribution in [0.5, 0.6) is 17.2 Å². The number of allylic oxidation sites excluding steroid dienone is 1. The average Bonchev–Trinajstić information content (AvgIpc) is 2.67. The van der Waals surface area contributed by atoms with Gasteiger partial charge in [0.05, 0.1) is 13.2 Å². The van der Waals surface area contributed by atoms with Gasteiger partial charge in [0, 0.05) is 5.56 Å². The van der Waals surface area contributed by atoms with Gasteiger partial charge in [-0.15, -0.1) is 0 Å². The zero-order chi connectivity index (χ0) is 18.8. The van der Waals surface area contributed by atoms with Crippen LogP contribution >= 0.6 is 0 Å². The van der Waals surface area contributed by atoms with Crippen molar-refractivity contribution >= 4 is 11.9 Å². The van der Waals surface area contributed by atoms with Crippen LogP contribution in [-0.2, 0) is 0 Å². The largest absolute Gasteiger partial charge is 0.490 e. The van der Waals surface area contributed by atoms with Gasteiger partial charge in [0.2, 0.25) is 0 Å². The summed E-state index contributed by atoms with van der Waals surface area (Å²) in [6.07, 6.45) is 4.99. The minimum Gasteiger partial charge on any atom is -0.490 e. The molecule has 2 aromatic rings. The fraction of sp³-hybridized carbons (Fsp3) is 0.227. The highest BCUT2D eigenvalue weighted by Crippen LogP contribution is 2.29. The second-order valence-electron chi connectivity index (χ2n) is 5.39. The van der Waals surface area contributed by atoms with E-state index in [1.165, 1.54) is 0 Å². The first-order valence-electron chi connectivity index (χ1n) is 8.63. The van der Waals surface area contributed by atoms with Crippen LogP contribution in [0.1, 0.15) is 29.8 Å². The van der Waals surface area contributed by atoms with E-state index in [4.69, 9.17) is 14.2 Å². The molecule has 0 amide bonds. The number of carbonyl (C=O) groups is 1. The van der Waals surface area contributed by atoms with E-state index < -0.39 is 0 Å². The molecule has 0 aliphatic carbocycles. The highest BCUT2D eigenvalue weighted by Gasteiger charge is 2.06. The lowest BCUT2D eigenvalue weighted by atomic mass is 10.1. The zero-order valence-corrected chi connectivity index (χ0v) is 15.2. The van der Waals surface area contributed by atoms with Crippen LogP contribution in [-0.4, -0.2) is 25.6 Å². The summed E-state index contributed by atoms with van der Waals surface area (Å²) in [7, 11) is 0. The minimum absolute atomic E-state index is 0.0767. The zero-order valence-electron chi connectivity index (χ0n) is 15.2. The average molecular weight is 352 g/mol. The van der Waals surface area contributed by atoms with Crippen LogP contribution in [0, 0.1) is 0 Å². The SMILES string of the molecule is C=CCOc1ccc(C(=O)C=Cc2ccc(OCC)c(OCC)c2)cc1. The molecule has 0 radical (unpaired) electrons. The molecule has 0 aromatic heterocycles. The van der Waals surface area contributed by atoms with Crippen molar-refractivity contribution in [1.82, 2.24) is 0 Å². The van der Waals surface area contributed by atoms with E-state index in [1.54, 1.807) is 42.5 Å². The number of hydrogen-bond acceptors (Lipinski definition) is 4. The third-order valence-electron chi connectivity index (χ3n) is 3.50. The number of carbonyl (C=O) groups excluding carboxylic acids is 1. The van der Waals surface area contributed by atoms with Crippen molar-refractivity contribution in [3.05, 3.63) is 72.3 Å². The number of rotatable bonds is 10. The molecule has 0 fully saturated rings. The Morgan fingerprint density at radius 1 is 0.962 bits per heavy atom. The van der Waals surface area contributed by atoms with Gasteiger partial charge in [-0.05, 0) is 61.9 Å². The van der Waals surface area contributed by atoms with Crippen molar-refractivity contribution in [3.63, 3.8) is 0 Å². The Kier molecular flexibility index (Phi) is 7.49. The molecule has 2 rings (SSSR count). The molecule has 26 heavy (non-hydrogen) atoms. The Morgan fingerprint density at radius 2 is 1.65 bits per heavy atom. The van der Waals surface area contributed by atoms with Gasteiger partial charge in [-0.2, -0.15) is 0 Å². The first kappa shape index (κ1) is 19.3. The topological polar surface area (TPSA) is 44.8 Å². The molecule has 0 spiro atoms. The number of ketones is 1. The third kappa shape index (κ3) is 5.52. The van der Waals surface area contributed by atoms with Crippen LogP contribution in [0.4, 0.5) is 0 Å². The molecular weight excluding hydrogens is 328 g/mol. The summed E-state index contributed by atoms with van der Waals surface area (Å²) in [6, 6.07) is 12.6. The Hall–Kier alpha value is -3.01. The van der Waals surface area contributed by atoms with Gasteiger partial charge >= 0.3 is 0 Å². The molecule has 0 heterocycles. The van der Waals surface area contributed by atoms with Crippen LogP contribution in [0.25, 0.3) is 6.08 Å². The highest BCUT2D eigenvalue weighted by molar-refractivity contribution is 6.06. The highest BCUT2D eigenvalue weighted by atomic mass is 16.5. The lowest BCUT2D eigenvalue weighted by molar-refractivity contribution is 0.104. The Morgan fingerprint density at radius 3 is 2.31 bits per heavy atom. The van der Waals surface area contributed by atoms with Gasteiger partial charge in [0.15, 0.2) is 17.3 Å². The van der Waals surface area contributed by atoms with Gasteiger partial charge in [-0.25, -0.2) is 0 Å². The second-order valence-corrected chi connectivity index (χ2v) is 5.39. The molecule has 0 aliphatic rings. The molecular formula is C22H24O4. The van der Waals surface area contributed by atoms with Crippen molar-refractivity contribution in [2.24, 2.45) is 0 Å². The maximum absolute atomic E-state index is 12.3. The summed E-state index contributed by atoms with van der Waals surface area (Å²) < 4.78 is 16.6. The summed E-state index contributed by atoms with van der Waals surface area (Å²) in [5.41, 5.74) is 1.47. The fourth-order valence-electron chi connectivity index (χ4n) is 2.31. The molecule has 0 N–H and O–H groups in total. The van der Waals surface area contributed by atoms with E-state index >= 15 is 0 Å². The van der Waals surface area contributed by atoms with E-state index in [0.29, 0.717) is 42.6 Å². The first-order valence-corrected chi connectivity index (χ1v) is 8.63. The molecule has 0 saturated heterocycles. The lowest BCUT2D eigenvalue weighted by Gasteiger charge is -2.11.